The average Bonchev–Trinajstić information content (AvgIpc) is 3.34. The number of halogens is 1. The summed E-state index contributed by atoms with van der Waals surface area (Å²) in [5.74, 6) is -0.407. The Labute approximate surface area is 174 Å². The van der Waals surface area contributed by atoms with Crippen LogP contribution >= 0.6 is 0 Å². The van der Waals surface area contributed by atoms with Crippen LogP contribution in [0.3, 0.4) is 0 Å². The van der Waals surface area contributed by atoms with Crippen molar-refractivity contribution in [2.75, 3.05) is 5.32 Å². The Morgan fingerprint density at radius 2 is 1.80 bits per heavy atom. The first kappa shape index (κ1) is 19.6. The number of carbonyl (C=O) groups excluding carboxylic acids is 1. The van der Waals surface area contributed by atoms with E-state index in [0.29, 0.717) is 6.54 Å². The van der Waals surface area contributed by atoms with E-state index < -0.39 is 0 Å². The van der Waals surface area contributed by atoms with Crippen LogP contribution in [-0.2, 0) is 17.8 Å². The molecule has 0 saturated heterocycles. The van der Waals surface area contributed by atoms with Gasteiger partial charge in [-0.15, -0.1) is 0 Å². The van der Waals surface area contributed by atoms with Crippen molar-refractivity contribution in [1.29, 1.82) is 0 Å². The van der Waals surface area contributed by atoms with Crippen molar-refractivity contribution < 1.29 is 9.18 Å². The van der Waals surface area contributed by atoms with Crippen LogP contribution < -0.4 is 5.32 Å². The maximum Gasteiger partial charge on any atom is 0.228 e. The molecular weight excluding hydrogens is 381 g/mol. The van der Waals surface area contributed by atoms with E-state index in [4.69, 9.17) is 0 Å². The molecule has 0 fully saturated rings. The molecule has 0 saturated carbocycles. The highest BCUT2D eigenvalue weighted by Crippen LogP contribution is 2.20. The molecular formula is C23H22FN5O. The molecule has 152 valence electrons. The van der Waals surface area contributed by atoms with Gasteiger partial charge in [-0.3, -0.25) is 9.48 Å². The van der Waals surface area contributed by atoms with Gasteiger partial charge in [-0.05, 0) is 61.9 Å². The number of nitrogens with one attached hydrogen (secondary N) is 1. The molecule has 4 rings (SSSR count). The fourth-order valence-electron chi connectivity index (χ4n) is 3.40. The molecule has 1 amide bonds. The predicted octanol–water partition coefficient (Wildman–Crippen LogP) is 4.05. The highest BCUT2D eigenvalue weighted by atomic mass is 19.1. The summed E-state index contributed by atoms with van der Waals surface area (Å²) in [6, 6.07) is 15.7. The molecule has 2 aromatic heterocycles. The SMILES string of the molecule is Cc1nn(-c2ccc(F)cc2)c(C)c1CC(=O)Nc1ccc(Cn2cccn2)cc1. The number of aryl methyl sites for hydroxylation is 1. The van der Waals surface area contributed by atoms with Gasteiger partial charge in [0, 0.05) is 29.3 Å². The Morgan fingerprint density at radius 1 is 1.07 bits per heavy atom. The van der Waals surface area contributed by atoms with Crippen molar-refractivity contribution in [2.45, 2.75) is 26.8 Å². The topological polar surface area (TPSA) is 64.7 Å². The highest BCUT2D eigenvalue weighted by molar-refractivity contribution is 5.92. The van der Waals surface area contributed by atoms with Crippen molar-refractivity contribution in [3.63, 3.8) is 0 Å². The lowest BCUT2D eigenvalue weighted by atomic mass is 10.1. The first-order valence-corrected chi connectivity index (χ1v) is 9.67. The first-order chi connectivity index (χ1) is 14.5. The van der Waals surface area contributed by atoms with Crippen molar-refractivity contribution in [3.05, 3.63) is 95.3 Å². The number of rotatable bonds is 6. The third-order valence-electron chi connectivity index (χ3n) is 4.99. The smallest absolute Gasteiger partial charge is 0.228 e. The second kappa shape index (κ2) is 8.32. The lowest BCUT2D eigenvalue weighted by Gasteiger charge is -2.08. The van der Waals surface area contributed by atoms with Crippen molar-refractivity contribution >= 4 is 11.6 Å². The minimum Gasteiger partial charge on any atom is -0.326 e. The number of amides is 1. The van der Waals surface area contributed by atoms with E-state index in [0.717, 1.165) is 33.9 Å². The summed E-state index contributed by atoms with van der Waals surface area (Å²) >= 11 is 0. The maximum atomic E-state index is 13.2. The quantitative estimate of drug-likeness (QED) is 0.528. The predicted molar refractivity (Wildman–Crippen MR) is 113 cm³/mol. The molecule has 7 heteroatoms. The molecule has 0 aliphatic heterocycles. The van der Waals surface area contributed by atoms with Gasteiger partial charge in [0.05, 0.1) is 24.3 Å². The largest absolute Gasteiger partial charge is 0.326 e. The molecule has 0 aliphatic carbocycles. The zero-order chi connectivity index (χ0) is 21.1. The minimum absolute atomic E-state index is 0.111. The maximum absolute atomic E-state index is 13.2. The van der Waals surface area contributed by atoms with Crippen LogP contribution in [0.5, 0.6) is 0 Å². The number of carbonyl (C=O) groups is 1. The second-order valence-electron chi connectivity index (χ2n) is 7.16. The number of hydrogen-bond donors (Lipinski definition) is 1. The van der Waals surface area contributed by atoms with E-state index in [9.17, 15) is 9.18 Å². The Hall–Kier alpha value is -3.74. The molecule has 0 unspecified atom stereocenters. The summed E-state index contributed by atoms with van der Waals surface area (Å²) < 4.78 is 16.8. The lowest BCUT2D eigenvalue weighted by molar-refractivity contribution is -0.115. The van der Waals surface area contributed by atoms with Crippen LogP contribution in [0.1, 0.15) is 22.5 Å². The van der Waals surface area contributed by atoms with E-state index in [1.807, 2.05) is 55.1 Å². The fraction of sp³-hybridized carbons (Fsp3) is 0.174. The van der Waals surface area contributed by atoms with Gasteiger partial charge in [0.15, 0.2) is 0 Å². The van der Waals surface area contributed by atoms with Crippen LogP contribution in [-0.4, -0.2) is 25.5 Å². The fourth-order valence-corrected chi connectivity index (χ4v) is 3.40. The number of aromatic nitrogens is 4. The molecule has 30 heavy (non-hydrogen) atoms. The molecule has 0 spiro atoms. The lowest BCUT2D eigenvalue weighted by Crippen LogP contribution is -2.15. The van der Waals surface area contributed by atoms with E-state index in [1.165, 1.54) is 12.1 Å². The van der Waals surface area contributed by atoms with Gasteiger partial charge < -0.3 is 5.32 Å². The molecule has 4 aromatic rings. The highest BCUT2D eigenvalue weighted by Gasteiger charge is 2.16. The van der Waals surface area contributed by atoms with E-state index in [-0.39, 0.29) is 18.1 Å². The molecule has 2 aromatic carbocycles. The molecule has 0 bridgehead atoms. The molecule has 6 nitrogen and oxygen atoms in total. The Balaban J connectivity index is 1.43. The monoisotopic (exact) mass is 403 g/mol. The van der Waals surface area contributed by atoms with E-state index >= 15 is 0 Å². The zero-order valence-corrected chi connectivity index (χ0v) is 16.8. The van der Waals surface area contributed by atoms with Crippen molar-refractivity contribution in [3.8, 4) is 5.69 Å². The molecule has 0 atom stereocenters. The summed E-state index contributed by atoms with van der Waals surface area (Å²) in [4.78, 5) is 12.6. The molecule has 1 N–H and O–H groups in total. The van der Waals surface area contributed by atoms with Crippen LogP contribution in [0.15, 0.2) is 67.0 Å². The first-order valence-electron chi connectivity index (χ1n) is 9.67. The Bertz CT molecular complexity index is 1150. The van der Waals surface area contributed by atoms with Gasteiger partial charge in [0.1, 0.15) is 5.82 Å². The number of benzene rings is 2. The third kappa shape index (κ3) is 4.30. The van der Waals surface area contributed by atoms with Crippen LogP contribution in [0.4, 0.5) is 10.1 Å². The Kier molecular flexibility index (Phi) is 5.43. The number of anilines is 1. The normalized spacial score (nSPS) is 10.9. The van der Waals surface area contributed by atoms with Crippen LogP contribution in [0.2, 0.25) is 0 Å². The zero-order valence-electron chi connectivity index (χ0n) is 16.8. The van der Waals surface area contributed by atoms with Crippen LogP contribution in [0.25, 0.3) is 5.69 Å². The summed E-state index contributed by atoms with van der Waals surface area (Å²) in [6.45, 7) is 4.47. The van der Waals surface area contributed by atoms with Gasteiger partial charge in [-0.2, -0.15) is 10.2 Å². The molecule has 0 aliphatic rings. The third-order valence-corrected chi connectivity index (χ3v) is 4.99. The minimum atomic E-state index is -0.296. The Morgan fingerprint density at radius 3 is 2.47 bits per heavy atom. The molecule has 0 radical (unpaired) electrons. The molecule has 2 heterocycles. The summed E-state index contributed by atoms with van der Waals surface area (Å²) in [5.41, 5.74) is 5.11. The van der Waals surface area contributed by atoms with Crippen LogP contribution in [0, 0.1) is 19.7 Å². The van der Waals surface area contributed by atoms with Gasteiger partial charge in [0.25, 0.3) is 0 Å². The van der Waals surface area contributed by atoms with Gasteiger partial charge in [-0.25, -0.2) is 9.07 Å². The summed E-state index contributed by atoms with van der Waals surface area (Å²) in [6.07, 6.45) is 3.87. The standard InChI is InChI=1S/C23H22FN5O/c1-16-22(17(2)29(27-16)21-10-6-19(24)7-11-21)14-23(30)26-20-8-4-18(5-9-20)15-28-13-3-12-25-28/h3-13H,14-15H2,1-2H3,(H,26,30). The van der Waals surface area contributed by atoms with E-state index in [2.05, 4.69) is 15.5 Å². The van der Waals surface area contributed by atoms with Gasteiger partial charge in [-0.1, -0.05) is 12.1 Å². The van der Waals surface area contributed by atoms with Crippen molar-refractivity contribution in [2.24, 2.45) is 0 Å². The van der Waals surface area contributed by atoms with Gasteiger partial charge >= 0.3 is 0 Å². The van der Waals surface area contributed by atoms with Crippen molar-refractivity contribution in [1.82, 2.24) is 19.6 Å². The average molecular weight is 403 g/mol. The number of nitrogens with zero attached hydrogens (tertiary/aromatic N) is 4. The number of hydrogen-bond acceptors (Lipinski definition) is 3. The van der Waals surface area contributed by atoms with E-state index in [1.54, 1.807) is 23.0 Å². The summed E-state index contributed by atoms with van der Waals surface area (Å²) in [5, 5.41) is 11.7. The summed E-state index contributed by atoms with van der Waals surface area (Å²) in [7, 11) is 0. The van der Waals surface area contributed by atoms with Gasteiger partial charge in [0.2, 0.25) is 5.91 Å². The second-order valence-corrected chi connectivity index (χ2v) is 7.16.